The van der Waals surface area contributed by atoms with Crippen LogP contribution >= 0.6 is 11.8 Å². The summed E-state index contributed by atoms with van der Waals surface area (Å²) in [5.41, 5.74) is 2.66. The predicted octanol–water partition coefficient (Wildman–Crippen LogP) is 2.20. The first kappa shape index (κ1) is 15.8. The van der Waals surface area contributed by atoms with Gasteiger partial charge in [0.25, 0.3) is 0 Å². The van der Waals surface area contributed by atoms with E-state index < -0.39 is 5.97 Å². The molecule has 2 rings (SSSR count). The van der Waals surface area contributed by atoms with E-state index in [1.54, 1.807) is 13.3 Å². The van der Waals surface area contributed by atoms with Crippen LogP contribution in [0.2, 0.25) is 0 Å². The maximum atomic E-state index is 10.8. The van der Waals surface area contributed by atoms with Crippen LogP contribution in [0.15, 0.2) is 17.4 Å². The Morgan fingerprint density at radius 3 is 3.00 bits per heavy atom. The van der Waals surface area contributed by atoms with Gasteiger partial charge in [0.05, 0.1) is 12.4 Å². The summed E-state index contributed by atoms with van der Waals surface area (Å²) in [6.07, 6.45) is 1.75. The molecule has 1 N–H and O–H groups in total. The summed E-state index contributed by atoms with van der Waals surface area (Å²) in [4.78, 5) is 19.8. The second-order valence-electron chi connectivity index (χ2n) is 5.05. The first-order valence-corrected chi connectivity index (χ1v) is 7.66. The standard InChI is InChI=1S/C14H19N3O3S/c1-9(7-20-3)6-17-13-12(10(2)4-5-15-13)16-14(17)21-8-11(18)19/h4-5,9H,6-8H2,1-3H3,(H,18,19). The summed E-state index contributed by atoms with van der Waals surface area (Å²) in [5.74, 6) is -0.576. The Morgan fingerprint density at radius 2 is 2.33 bits per heavy atom. The Morgan fingerprint density at radius 1 is 1.57 bits per heavy atom. The Bertz CT molecular complexity index is 642. The number of carboxylic acids is 1. The number of carboxylic acid groups (broad SMARTS) is 1. The van der Waals surface area contributed by atoms with E-state index in [1.807, 2.05) is 17.6 Å². The molecule has 6 nitrogen and oxygen atoms in total. The second-order valence-corrected chi connectivity index (χ2v) is 5.99. The van der Waals surface area contributed by atoms with Crippen molar-refractivity contribution >= 4 is 28.9 Å². The van der Waals surface area contributed by atoms with E-state index in [2.05, 4.69) is 16.9 Å². The minimum absolute atomic E-state index is 0.0129. The van der Waals surface area contributed by atoms with Crippen molar-refractivity contribution in [3.63, 3.8) is 0 Å². The predicted molar refractivity (Wildman–Crippen MR) is 81.7 cm³/mol. The Kier molecular flexibility index (Phi) is 5.19. The smallest absolute Gasteiger partial charge is 0.313 e. The van der Waals surface area contributed by atoms with Gasteiger partial charge in [0, 0.05) is 19.9 Å². The average molecular weight is 309 g/mol. The van der Waals surface area contributed by atoms with E-state index >= 15 is 0 Å². The molecule has 2 heterocycles. The van der Waals surface area contributed by atoms with Crippen LogP contribution in [0.1, 0.15) is 12.5 Å². The van der Waals surface area contributed by atoms with Crippen LogP contribution in [0.5, 0.6) is 0 Å². The lowest BCUT2D eigenvalue weighted by molar-refractivity contribution is -0.133. The number of hydrogen-bond acceptors (Lipinski definition) is 5. The van der Waals surface area contributed by atoms with Crippen LogP contribution in [0.4, 0.5) is 0 Å². The van der Waals surface area contributed by atoms with Gasteiger partial charge in [-0.25, -0.2) is 9.97 Å². The molecule has 0 amide bonds. The van der Waals surface area contributed by atoms with Crippen molar-refractivity contribution in [3.8, 4) is 0 Å². The maximum Gasteiger partial charge on any atom is 0.313 e. The van der Waals surface area contributed by atoms with Crippen molar-refractivity contribution in [2.75, 3.05) is 19.5 Å². The number of imidazole rings is 1. The highest BCUT2D eigenvalue weighted by atomic mass is 32.2. The zero-order valence-electron chi connectivity index (χ0n) is 12.4. The summed E-state index contributed by atoms with van der Waals surface area (Å²) < 4.78 is 7.16. The van der Waals surface area contributed by atoms with Crippen molar-refractivity contribution in [3.05, 3.63) is 17.8 Å². The molecule has 114 valence electrons. The molecular weight excluding hydrogens is 290 g/mol. The van der Waals surface area contributed by atoms with Crippen LogP contribution in [0.3, 0.4) is 0 Å². The number of pyridine rings is 1. The monoisotopic (exact) mass is 309 g/mol. The summed E-state index contributed by atoms with van der Waals surface area (Å²) in [7, 11) is 1.67. The number of thioether (sulfide) groups is 1. The van der Waals surface area contributed by atoms with Gasteiger partial charge >= 0.3 is 5.97 Å². The molecule has 1 atom stereocenters. The van der Waals surface area contributed by atoms with E-state index in [9.17, 15) is 4.79 Å². The highest BCUT2D eigenvalue weighted by Gasteiger charge is 2.17. The third-order valence-electron chi connectivity index (χ3n) is 3.07. The third-order valence-corrected chi connectivity index (χ3v) is 4.03. The molecule has 0 aromatic carbocycles. The SMILES string of the molecule is COCC(C)Cn1c(SCC(=O)O)nc2c(C)ccnc21. The van der Waals surface area contributed by atoms with Gasteiger partial charge in [0.1, 0.15) is 5.52 Å². The first-order valence-electron chi connectivity index (χ1n) is 6.68. The minimum Gasteiger partial charge on any atom is -0.481 e. The van der Waals surface area contributed by atoms with Gasteiger partial charge in [-0.2, -0.15) is 0 Å². The number of aromatic nitrogens is 3. The molecule has 21 heavy (non-hydrogen) atoms. The quantitative estimate of drug-likeness (QED) is 0.790. The Balaban J connectivity index is 2.39. The first-order chi connectivity index (χ1) is 10.0. The molecule has 0 spiro atoms. The van der Waals surface area contributed by atoms with Gasteiger partial charge in [-0.05, 0) is 24.5 Å². The number of nitrogens with zero attached hydrogens (tertiary/aromatic N) is 3. The van der Waals surface area contributed by atoms with Gasteiger partial charge in [-0.15, -0.1) is 0 Å². The summed E-state index contributed by atoms with van der Waals surface area (Å²) in [6.45, 7) is 5.39. The summed E-state index contributed by atoms with van der Waals surface area (Å²) >= 11 is 1.22. The zero-order valence-corrected chi connectivity index (χ0v) is 13.2. The Hall–Kier alpha value is -1.60. The van der Waals surface area contributed by atoms with Crippen LogP contribution < -0.4 is 0 Å². The van der Waals surface area contributed by atoms with E-state index in [1.165, 1.54) is 11.8 Å². The third kappa shape index (κ3) is 3.74. The van der Waals surface area contributed by atoms with E-state index in [4.69, 9.17) is 9.84 Å². The molecular formula is C14H19N3O3S. The number of methoxy groups -OCH3 is 1. The lowest BCUT2D eigenvalue weighted by Crippen LogP contribution is -2.14. The summed E-state index contributed by atoms with van der Waals surface area (Å²) in [5, 5.41) is 9.56. The minimum atomic E-state index is -0.853. The highest BCUT2D eigenvalue weighted by Crippen LogP contribution is 2.25. The maximum absolute atomic E-state index is 10.8. The van der Waals surface area contributed by atoms with Crippen LogP contribution in [-0.2, 0) is 16.1 Å². The molecule has 0 aliphatic rings. The van der Waals surface area contributed by atoms with Crippen LogP contribution in [0, 0.1) is 12.8 Å². The average Bonchev–Trinajstić information content (AvgIpc) is 2.76. The van der Waals surface area contributed by atoms with Crippen molar-refractivity contribution in [1.29, 1.82) is 0 Å². The lowest BCUT2D eigenvalue weighted by atomic mass is 10.2. The topological polar surface area (TPSA) is 77.2 Å². The number of hydrogen-bond donors (Lipinski definition) is 1. The molecule has 7 heteroatoms. The number of aliphatic carboxylic acids is 1. The molecule has 2 aromatic heterocycles. The lowest BCUT2D eigenvalue weighted by Gasteiger charge is -2.13. The van der Waals surface area contributed by atoms with Gasteiger partial charge in [-0.1, -0.05) is 18.7 Å². The van der Waals surface area contributed by atoms with E-state index in [0.717, 1.165) is 16.7 Å². The molecule has 0 aliphatic carbocycles. The molecule has 0 aliphatic heterocycles. The highest BCUT2D eigenvalue weighted by molar-refractivity contribution is 7.99. The zero-order chi connectivity index (χ0) is 15.4. The van der Waals surface area contributed by atoms with Gasteiger partial charge < -0.3 is 14.4 Å². The van der Waals surface area contributed by atoms with Crippen molar-refractivity contribution < 1.29 is 14.6 Å². The van der Waals surface area contributed by atoms with Crippen LogP contribution in [0.25, 0.3) is 11.2 Å². The number of rotatable bonds is 7. The second kappa shape index (κ2) is 6.91. The molecule has 0 fully saturated rings. The molecule has 2 aromatic rings. The number of ether oxygens (including phenoxy) is 1. The van der Waals surface area contributed by atoms with Crippen LogP contribution in [-0.4, -0.2) is 45.1 Å². The number of carbonyl (C=O) groups is 1. The van der Waals surface area contributed by atoms with E-state index in [-0.39, 0.29) is 5.75 Å². The summed E-state index contributed by atoms with van der Waals surface area (Å²) in [6, 6.07) is 1.91. The van der Waals surface area contributed by atoms with Gasteiger partial charge in [0.15, 0.2) is 10.8 Å². The van der Waals surface area contributed by atoms with Gasteiger partial charge in [-0.3, -0.25) is 4.79 Å². The fourth-order valence-corrected chi connectivity index (χ4v) is 2.89. The fourth-order valence-electron chi connectivity index (χ4n) is 2.17. The van der Waals surface area contributed by atoms with E-state index in [0.29, 0.717) is 24.2 Å². The normalized spacial score (nSPS) is 12.7. The molecule has 0 radical (unpaired) electrons. The van der Waals surface area contributed by atoms with Crippen molar-refractivity contribution in [1.82, 2.24) is 14.5 Å². The van der Waals surface area contributed by atoms with Crippen molar-refractivity contribution in [2.24, 2.45) is 5.92 Å². The van der Waals surface area contributed by atoms with Crippen molar-refractivity contribution in [2.45, 2.75) is 25.5 Å². The largest absolute Gasteiger partial charge is 0.481 e. The molecule has 0 saturated carbocycles. The number of aryl methyl sites for hydroxylation is 1. The molecule has 0 bridgehead atoms. The fraction of sp³-hybridized carbons (Fsp3) is 0.500. The molecule has 1 unspecified atom stereocenters. The van der Waals surface area contributed by atoms with Gasteiger partial charge in [0.2, 0.25) is 0 Å². The Labute approximate surface area is 127 Å². The number of fused-ring (bicyclic) bond motifs is 1. The molecule has 0 saturated heterocycles.